The molecule has 0 fully saturated rings. The second-order valence-electron chi connectivity index (χ2n) is 4.07. The molecule has 0 bridgehead atoms. The summed E-state index contributed by atoms with van der Waals surface area (Å²) in [6.07, 6.45) is 0. The molecule has 1 aromatic rings. The zero-order valence-electron chi connectivity index (χ0n) is 10.7. The van der Waals surface area contributed by atoms with E-state index in [9.17, 15) is 4.39 Å². The van der Waals surface area contributed by atoms with Crippen molar-refractivity contribution in [2.45, 2.75) is 13.8 Å². The van der Waals surface area contributed by atoms with Crippen molar-refractivity contribution < 1.29 is 4.39 Å². The Labute approximate surface area is 112 Å². The molecule has 0 aliphatic rings. The second kappa shape index (κ2) is 6.97. The van der Waals surface area contributed by atoms with Crippen molar-refractivity contribution in [2.75, 3.05) is 38.1 Å². The lowest BCUT2D eigenvalue weighted by molar-refractivity contribution is 0.358. The lowest BCUT2D eigenvalue weighted by Crippen LogP contribution is -2.33. The Morgan fingerprint density at radius 2 is 1.88 bits per heavy atom. The Bertz CT molecular complexity index is 357. The first-order valence-electron chi connectivity index (χ1n) is 5.97. The predicted octanol–water partition coefficient (Wildman–Crippen LogP) is 3.37. The summed E-state index contributed by atoms with van der Waals surface area (Å²) in [7, 11) is 2.08. The Kier molecular flexibility index (Phi) is 5.92. The Morgan fingerprint density at radius 1 is 1.18 bits per heavy atom. The van der Waals surface area contributed by atoms with Gasteiger partial charge in [-0.2, -0.15) is 0 Å². The summed E-state index contributed by atoms with van der Waals surface area (Å²) in [6.45, 7) is 7.79. The molecule has 0 N–H and O–H groups in total. The van der Waals surface area contributed by atoms with E-state index in [1.807, 2.05) is 19.1 Å². The molecule has 96 valence electrons. The lowest BCUT2D eigenvalue weighted by Gasteiger charge is -2.26. The summed E-state index contributed by atoms with van der Waals surface area (Å²) in [4.78, 5) is 4.29. The number of hydrogen-bond acceptors (Lipinski definition) is 2. The third kappa shape index (κ3) is 4.28. The molecule has 0 unspecified atom stereocenters. The molecule has 0 atom stereocenters. The first-order valence-corrected chi connectivity index (χ1v) is 6.76. The maximum atomic E-state index is 13.8. The third-order valence-electron chi connectivity index (χ3n) is 2.92. The van der Waals surface area contributed by atoms with Crippen LogP contribution in [-0.4, -0.2) is 38.1 Å². The monoisotopic (exact) mass is 302 g/mol. The third-order valence-corrected chi connectivity index (χ3v) is 3.42. The molecule has 1 aromatic carbocycles. The van der Waals surface area contributed by atoms with Gasteiger partial charge in [-0.15, -0.1) is 0 Å². The first-order chi connectivity index (χ1) is 8.08. The summed E-state index contributed by atoms with van der Waals surface area (Å²) in [5, 5.41) is 0. The van der Waals surface area contributed by atoms with Crippen molar-refractivity contribution in [3.63, 3.8) is 0 Å². The molecule has 0 aliphatic heterocycles. The van der Waals surface area contributed by atoms with Gasteiger partial charge in [-0.25, -0.2) is 4.39 Å². The molecule has 0 saturated carbocycles. The van der Waals surface area contributed by atoms with Crippen LogP contribution in [0.15, 0.2) is 22.7 Å². The van der Waals surface area contributed by atoms with Crippen LogP contribution >= 0.6 is 15.9 Å². The SMILES string of the molecule is CCN(C)CCN(CC)c1ccc(Br)cc1F. The van der Waals surface area contributed by atoms with Crippen molar-refractivity contribution >= 4 is 21.6 Å². The van der Waals surface area contributed by atoms with Crippen LogP contribution < -0.4 is 4.90 Å². The number of halogens is 2. The second-order valence-corrected chi connectivity index (χ2v) is 4.99. The van der Waals surface area contributed by atoms with Gasteiger partial charge in [0, 0.05) is 24.1 Å². The summed E-state index contributed by atoms with van der Waals surface area (Å²) >= 11 is 3.27. The quantitative estimate of drug-likeness (QED) is 0.795. The molecule has 2 nitrogen and oxygen atoms in total. The number of nitrogens with zero attached hydrogens (tertiary/aromatic N) is 2. The first kappa shape index (κ1) is 14.5. The van der Waals surface area contributed by atoms with E-state index in [0.29, 0.717) is 5.69 Å². The molecule has 0 aliphatic carbocycles. The van der Waals surface area contributed by atoms with Crippen molar-refractivity contribution in [3.05, 3.63) is 28.5 Å². The highest BCUT2D eigenvalue weighted by Gasteiger charge is 2.10. The standard InChI is InChI=1S/C13H20BrFN2/c1-4-16(3)8-9-17(5-2)13-7-6-11(14)10-12(13)15/h6-7,10H,4-5,8-9H2,1-3H3. The van der Waals surface area contributed by atoms with Crippen LogP contribution in [0.4, 0.5) is 10.1 Å². The van der Waals surface area contributed by atoms with E-state index in [1.165, 1.54) is 6.07 Å². The van der Waals surface area contributed by atoms with Gasteiger partial charge in [-0.05, 0) is 38.7 Å². The van der Waals surface area contributed by atoms with Crippen LogP contribution in [0, 0.1) is 5.82 Å². The summed E-state index contributed by atoms with van der Waals surface area (Å²) in [5.74, 6) is -0.166. The van der Waals surface area contributed by atoms with E-state index in [2.05, 4.69) is 39.7 Å². The van der Waals surface area contributed by atoms with Crippen LogP contribution in [0.3, 0.4) is 0 Å². The van der Waals surface area contributed by atoms with Gasteiger partial charge in [0.25, 0.3) is 0 Å². The highest BCUT2D eigenvalue weighted by atomic mass is 79.9. The molecule has 4 heteroatoms. The number of hydrogen-bond donors (Lipinski definition) is 0. The Hall–Kier alpha value is -0.610. The van der Waals surface area contributed by atoms with Crippen LogP contribution in [-0.2, 0) is 0 Å². The highest BCUT2D eigenvalue weighted by Crippen LogP contribution is 2.22. The van der Waals surface area contributed by atoms with Crippen LogP contribution in [0.2, 0.25) is 0 Å². The smallest absolute Gasteiger partial charge is 0.147 e. The lowest BCUT2D eigenvalue weighted by atomic mass is 10.2. The van der Waals surface area contributed by atoms with Gasteiger partial charge in [0.1, 0.15) is 5.82 Å². The normalized spacial score (nSPS) is 10.9. The van der Waals surface area contributed by atoms with Crippen LogP contribution in [0.5, 0.6) is 0 Å². The molecule has 0 saturated heterocycles. The van der Waals surface area contributed by atoms with Gasteiger partial charge >= 0.3 is 0 Å². The minimum absolute atomic E-state index is 0.166. The largest absolute Gasteiger partial charge is 0.368 e. The molecule has 0 amide bonds. The molecule has 1 rings (SSSR count). The summed E-state index contributed by atoms with van der Waals surface area (Å²) in [5.41, 5.74) is 0.681. The molecule has 0 spiro atoms. The average Bonchev–Trinajstić information content (AvgIpc) is 2.31. The topological polar surface area (TPSA) is 6.48 Å². The van der Waals surface area contributed by atoms with Gasteiger partial charge in [0.05, 0.1) is 5.69 Å². The molecular weight excluding hydrogens is 283 g/mol. The minimum Gasteiger partial charge on any atom is -0.368 e. The number of likely N-dealkylation sites (N-methyl/N-ethyl adjacent to an activating group) is 2. The van der Waals surface area contributed by atoms with Gasteiger partial charge in [-0.3, -0.25) is 0 Å². The minimum atomic E-state index is -0.166. The van der Waals surface area contributed by atoms with E-state index in [0.717, 1.165) is 30.7 Å². The van der Waals surface area contributed by atoms with Gasteiger partial charge < -0.3 is 9.80 Å². The van der Waals surface area contributed by atoms with Crippen molar-refractivity contribution in [3.8, 4) is 0 Å². The predicted molar refractivity (Wildman–Crippen MR) is 75.2 cm³/mol. The van der Waals surface area contributed by atoms with Gasteiger partial charge in [0.2, 0.25) is 0 Å². The zero-order valence-corrected chi connectivity index (χ0v) is 12.3. The van der Waals surface area contributed by atoms with Crippen LogP contribution in [0.1, 0.15) is 13.8 Å². The van der Waals surface area contributed by atoms with E-state index < -0.39 is 0 Å². The molecular formula is C13H20BrFN2. The van der Waals surface area contributed by atoms with Crippen molar-refractivity contribution in [2.24, 2.45) is 0 Å². The molecule has 17 heavy (non-hydrogen) atoms. The molecule has 0 heterocycles. The Morgan fingerprint density at radius 3 is 2.41 bits per heavy atom. The Balaban J connectivity index is 2.72. The maximum Gasteiger partial charge on any atom is 0.147 e. The van der Waals surface area contributed by atoms with Gasteiger partial charge in [0.15, 0.2) is 0 Å². The number of rotatable bonds is 6. The average molecular weight is 303 g/mol. The fourth-order valence-electron chi connectivity index (χ4n) is 1.64. The number of anilines is 1. The van der Waals surface area contributed by atoms with E-state index in [-0.39, 0.29) is 5.82 Å². The fourth-order valence-corrected chi connectivity index (χ4v) is 1.97. The van der Waals surface area contributed by atoms with E-state index in [1.54, 1.807) is 0 Å². The van der Waals surface area contributed by atoms with Gasteiger partial charge in [-0.1, -0.05) is 22.9 Å². The summed E-state index contributed by atoms with van der Waals surface area (Å²) < 4.78 is 14.6. The highest BCUT2D eigenvalue weighted by molar-refractivity contribution is 9.10. The zero-order chi connectivity index (χ0) is 12.8. The maximum absolute atomic E-state index is 13.8. The molecule has 0 radical (unpaired) electrons. The van der Waals surface area contributed by atoms with E-state index >= 15 is 0 Å². The molecule has 0 aromatic heterocycles. The van der Waals surface area contributed by atoms with Crippen molar-refractivity contribution in [1.82, 2.24) is 4.90 Å². The van der Waals surface area contributed by atoms with Crippen LogP contribution in [0.25, 0.3) is 0 Å². The summed E-state index contributed by atoms with van der Waals surface area (Å²) in [6, 6.07) is 5.22. The van der Waals surface area contributed by atoms with E-state index in [4.69, 9.17) is 0 Å². The fraction of sp³-hybridized carbons (Fsp3) is 0.538. The number of benzene rings is 1. The van der Waals surface area contributed by atoms with Crippen molar-refractivity contribution in [1.29, 1.82) is 0 Å².